The Morgan fingerprint density at radius 1 is 1.20 bits per heavy atom. The Labute approximate surface area is 144 Å². The van der Waals surface area contributed by atoms with E-state index in [0.29, 0.717) is 11.3 Å². The van der Waals surface area contributed by atoms with Crippen molar-refractivity contribution in [1.29, 1.82) is 0 Å². The van der Waals surface area contributed by atoms with Crippen molar-refractivity contribution in [2.24, 2.45) is 5.92 Å². The molecule has 1 aromatic carbocycles. The van der Waals surface area contributed by atoms with Gasteiger partial charge in [0, 0.05) is 24.4 Å². The summed E-state index contributed by atoms with van der Waals surface area (Å²) in [4.78, 5) is 28.6. The summed E-state index contributed by atoms with van der Waals surface area (Å²) in [6.07, 6.45) is -4.61. The molecule has 1 aromatic heterocycles. The summed E-state index contributed by atoms with van der Waals surface area (Å²) in [6.45, 7) is 0.0608. The summed E-state index contributed by atoms with van der Waals surface area (Å²) in [5.74, 6) is -2.95. The molecule has 0 saturated carbocycles. The summed E-state index contributed by atoms with van der Waals surface area (Å²) >= 11 is 0.348. The van der Waals surface area contributed by atoms with Gasteiger partial charge in [-0.2, -0.15) is 13.2 Å². The highest BCUT2D eigenvalue weighted by molar-refractivity contribution is 7.09. The maximum absolute atomic E-state index is 12.6. The molecular weight excluding hydrogens is 357 g/mol. The molecular formula is C16H13F3N2O3S. The molecule has 2 heterocycles. The Hall–Kier alpha value is -2.42. The first-order valence-corrected chi connectivity index (χ1v) is 8.25. The van der Waals surface area contributed by atoms with Gasteiger partial charge in [-0.3, -0.25) is 9.59 Å². The first-order valence-electron chi connectivity index (χ1n) is 7.37. The monoisotopic (exact) mass is 370 g/mol. The van der Waals surface area contributed by atoms with Crippen LogP contribution in [0.25, 0.3) is 0 Å². The van der Waals surface area contributed by atoms with Gasteiger partial charge in [-0.05, 0) is 5.56 Å². The number of amides is 1. The van der Waals surface area contributed by atoms with E-state index in [1.165, 1.54) is 4.90 Å². The second-order valence-corrected chi connectivity index (χ2v) is 6.57. The van der Waals surface area contributed by atoms with E-state index in [4.69, 9.17) is 0 Å². The van der Waals surface area contributed by atoms with Crippen molar-refractivity contribution in [3.05, 3.63) is 52.0 Å². The minimum atomic E-state index is -4.61. The van der Waals surface area contributed by atoms with Gasteiger partial charge in [-0.15, -0.1) is 11.3 Å². The van der Waals surface area contributed by atoms with Crippen molar-refractivity contribution < 1.29 is 27.9 Å². The van der Waals surface area contributed by atoms with Gasteiger partial charge in [-0.25, -0.2) is 4.98 Å². The van der Waals surface area contributed by atoms with Crippen LogP contribution in [0.15, 0.2) is 35.7 Å². The van der Waals surface area contributed by atoms with Gasteiger partial charge >= 0.3 is 12.1 Å². The first-order chi connectivity index (χ1) is 11.8. The number of thiazole rings is 1. The van der Waals surface area contributed by atoms with Crippen LogP contribution >= 0.6 is 11.3 Å². The highest BCUT2D eigenvalue weighted by Crippen LogP contribution is 2.35. The van der Waals surface area contributed by atoms with Gasteiger partial charge in [0.15, 0.2) is 5.01 Å². The lowest BCUT2D eigenvalue weighted by Gasteiger charge is -2.15. The molecule has 1 amide bonds. The summed E-state index contributed by atoms with van der Waals surface area (Å²) < 4.78 is 37.9. The molecule has 0 bridgehead atoms. The Bertz CT molecular complexity index is 791. The quantitative estimate of drug-likeness (QED) is 0.901. The van der Waals surface area contributed by atoms with Crippen LogP contribution in [0.5, 0.6) is 0 Å². The molecule has 2 aromatic rings. The van der Waals surface area contributed by atoms with Crippen molar-refractivity contribution in [2.75, 3.05) is 13.1 Å². The number of hydrogen-bond donors (Lipinski definition) is 1. The molecule has 0 radical (unpaired) electrons. The van der Waals surface area contributed by atoms with Crippen LogP contribution in [0.2, 0.25) is 0 Å². The zero-order chi connectivity index (χ0) is 18.2. The fraction of sp³-hybridized carbons (Fsp3) is 0.312. The third-order valence-corrected chi connectivity index (χ3v) is 5.00. The summed E-state index contributed by atoms with van der Waals surface area (Å²) in [6, 6.07) is 8.90. The number of benzene rings is 1. The van der Waals surface area contributed by atoms with E-state index in [2.05, 4.69) is 4.98 Å². The van der Waals surface area contributed by atoms with Crippen molar-refractivity contribution in [1.82, 2.24) is 9.88 Å². The molecule has 2 atom stereocenters. The van der Waals surface area contributed by atoms with E-state index < -0.39 is 34.9 Å². The number of nitrogens with zero attached hydrogens (tertiary/aromatic N) is 2. The average Bonchev–Trinajstić information content (AvgIpc) is 3.22. The van der Waals surface area contributed by atoms with Crippen LogP contribution in [0.3, 0.4) is 0 Å². The molecule has 3 rings (SSSR count). The molecule has 9 heteroatoms. The number of carboxylic acid groups (broad SMARTS) is 1. The second kappa shape index (κ2) is 6.47. The predicted molar refractivity (Wildman–Crippen MR) is 83.3 cm³/mol. The molecule has 1 aliphatic heterocycles. The number of aliphatic carboxylic acids is 1. The van der Waals surface area contributed by atoms with Crippen LogP contribution in [0.4, 0.5) is 13.2 Å². The molecule has 5 nitrogen and oxygen atoms in total. The molecule has 1 fully saturated rings. The molecule has 132 valence electrons. The smallest absolute Gasteiger partial charge is 0.443 e. The van der Waals surface area contributed by atoms with Crippen molar-refractivity contribution >= 4 is 23.2 Å². The van der Waals surface area contributed by atoms with Crippen LogP contribution < -0.4 is 0 Å². The summed E-state index contributed by atoms with van der Waals surface area (Å²) in [5.41, 5.74) is 0.467. The molecule has 1 N–H and O–H groups in total. The average molecular weight is 370 g/mol. The van der Waals surface area contributed by atoms with E-state index in [1.807, 2.05) is 0 Å². The van der Waals surface area contributed by atoms with Crippen LogP contribution in [-0.2, 0) is 11.0 Å². The normalized spacial score (nSPS) is 20.7. The third kappa shape index (κ3) is 3.51. The second-order valence-electron chi connectivity index (χ2n) is 5.71. The standard InChI is InChI=1S/C16H13F3N2O3S/c17-16(18,19)15-20-12(8-25-15)13(22)21-6-10(11(7-21)14(23)24)9-4-2-1-3-5-9/h1-5,8,10-11H,6-7H2,(H,23,24). The highest BCUT2D eigenvalue weighted by atomic mass is 32.1. The van der Waals surface area contributed by atoms with Crippen LogP contribution in [-0.4, -0.2) is 40.0 Å². The third-order valence-electron chi connectivity index (χ3n) is 4.12. The number of carbonyl (C=O) groups is 2. The number of rotatable bonds is 3. The zero-order valence-corrected chi connectivity index (χ0v) is 13.5. The van der Waals surface area contributed by atoms with E-state index >= 15 is 0 Å². The van der Waals surface area contributed by atoms with E-state index in [-0.39, 0.29) is 18.8 Å². The van der Waals surface area contributed by atoms with Crippen LogP contribution in [0.1, 0.15) is 27.0 Å². The number of alkyl halides is 3. The van der Waals surface area contributed by atoms with Gasteiger partial charge in [-0.1, -0.05) is 30.3 Å². The molecule has 2 unspecified atom stereocenters. The number of carbonyl (C=O) groups excluding carboxylic acids is 1. The molecule has 1 saturated heterocycles. The lowest BCUT2D eigenvalue weighted by atomic mass is 9.89. The Morgan fingerprint density at radius 3 is 2.44 bits per heavy atom. The largest absolute Gasteiger partial charge is 0.481 e. The lowest BCUT2D eigenvalue weighted by Crippen LogP contribution is -2.30. The highest BCUT2D eigenvalue weighted by Gasteiger charge is 2.42. The first kappa shape index (κ1) is 17.4. The Balaban J connectivity index is 1.82. The molecule has 25 heavy (non-hydrogen) atoms. The van der Waals surface area contributed by atoms with Gasteiger partial charge < -0.3 is 10.0 Å². The number of carboxylic acids is 1. The van der Waals surface area contributed by atoms with E-state index in [0.717, 1.165) is 10.9 Å². The topological polar surface area (TPSA) is 70.5 Å². The molecule has 0 spiro atoms. The van der Waals surface area contributed by atoms with Crippen molar-refractivity contribution in [3.8, 4) is 0 Å². The van der Waals surface area contributed by atoms with Crippen molar-refractivity contribution in [2.45, 2.75) is 12.1 Å². The van der Waals surface area contributed by atoms with Crippen molar-refractivity contribution in [3.63, 3.8) is 0 Å². The fourth-order valence-electron chi connectivity index (χ4n) is 2.92. The Morgan fingerprint density at radius 2 is 1.88 bits per heavy atom. The zero-order valence-electron chi connectivity index (χ0n) is 12.7. The molecule has 1 aliphatic rings. The number of halogens is 3. The SMILES string of the molecule is O=C(O)C1CN(C(=O)c2csc(C(F)(F)F)n2)CC1c1ccccc1. The minimum Gasteiger partial charge on any atom is -0.481 e. The summed E-state index contributed by atoms with van der Waals surface area (Å²) in [7, 11) is 0. The fourth-order valence-corrected chi connectivity index (χ4v) is 3.58. The van der Waals surface area contributed by atoms with Gasteiger partial charge in [0.1, 0.15) is 5.69 Å². The minimum absolute atomic E-state index is 0.0629. The van der Waals surface area contributed by atoms with Gasteiger partial charge in [0.05, 0.1) is 5.92 Å². The predicted octanol–water partition coefficient (Wildman–Crippen LogP) is 3.10. The molecule has 0 aliphatic carbocycles. The number of hydrogen-bond acceptors (Lipinski definition) is 4. The van der Waals surface area contributed by atoms with Gasteiger partial charge in [0.25, 0.3) is 5.91 Å². The lowest BCUT2D eigenvalue weighted by molar-refractivity contribution is -0.141. The van der Waals surface area contributed by atoms with E-state index in [1.54, 1.807) is 30.3 Å². The maximum atomic E-state index is 12.6. The maximum Gasteiger partial charge on any atom is 0.443 e. The van der Waals surface area contributed by atoms with Crippen LogP contribution in [0, 0.1) is 5.92 Å². The Kier molecular flexibility index (Phi) is 4.51. The number of aromatic nitrogens is 1. The number of likely N-dealkylation sites (tertiary alicyclic amines) is 1. The van der Waals surface area contributed by atoms with E-state index in [9.17, 15) is 27.9 Å². The van der Waals surface area contributed by atoms with Gasteiger partial charge in [0.2, 0.25) is 0 Å². The summed E-state index contributed by atoms with van der Waals surface area (Å²) in [5, 5.41) is 9.38.